The van der Waals surface area contributed by atoms with Crippen LogP contribution >= 0.6 is 11.6 Å². The second kappa shape index (κ2) is 8.02. The highest BCUT2D eigenvalue weighted by molar-refractivity contribution is 7.89. The Bertz CT molecular complexity index is 1020. The fourth-order valence-corrected chi connectivity index (χ4v) is 4.70. The number of piperidine rings is 1. The summed E-state index contributed by atoms with van der Waals surface area (Å²) in [5.74, 6) is -3.78. The molecule has 1 heterocycles. The molecule has 1 saturated heterocycles. The fraction of sp³-hybridized carbons (Fsp3) is 0.278. The Morgan fingerprint density at radius 3 is 2.39 bits per heavy atom. The summed E-state index contributed by atoms with van der Waals surface area (Å²) in [5, 5.41) is 11.9. The first kappa shape index (κ1) is 20.5. The van der Waals surface area contributed by atoms with E-state index in [0.29, 0.717) is 25.2 Å². The van der Waals surface area contributed by atoms with Crippen LogP contribution in [-0.4, -0.2) is 36.8 Å². The monoisotopic (exact) mass is 430 g/mol. The number of hydrogen-bond donors (Lipinski definition) is 2. The van der Waals surface area contributed by atoms with Crippen LogP contribution < -0.4 is 5.32 Å². The predicted molar refractivity (Wildman–Crippen MR) is 100 cm³/mol. The molecule has 0 atom stereocenters. The molecule has 0 bridgehead atoms. The van der Waals surface area contributed by atoms with Gasteiger partial charge in [0.1, 0.15) is 5.75 Å². The Morgan fingerprint density at radius 2 is 1.71 bits per heavy atom. The molecule has 0 spiro atoms. The van der Waals surface area contributed by atoms with E-state index in [1.807, 2.05) is 0 Å². The van der Waals surface area contributed by atoms with E-state index in [2.05, 4.69) is 5.32 Å². The molecule has 6 nitrogen and oxygen atoms in total. The summed E-state index contributed by atoms with van der Waals surface area (Å²) in [6.07, 6.45) is 2.48. The van der Waals surface area contributed by atoms with Crippen molar-refractivity contribution in [2.75, 3.05) is 18.4 Å². The minimum atomic E-state index is -3.79. The van der Waals surface area contributed by atoms with Gasteiger partial charge in [0.05, 0.1) is 21.2 Å². The molecular formula is C18H17ClF2N2O4S. The van der Waals surface area contributed by atoms with Gasteiger partial charge in [-0.2, -0.15) is 4.31 Å². The zero-order chi connectivity index (χ0) is 20.5. The minimum Gasteiger partial charge on any atom is -0.506 e. The molecule has 0 radical (unpaired) electrons. The first-order valence-electron chi connectivity index (χ1n) is 8.49. The van der Waals surface area contributed by atoms with Gasteiger partial charge in [-0.25, -0.2) is 17.2 Å². The van der Waals surface area contributed by atoms with Crippen molar-refractivity contribution in [3.05, 3.63) is 52.6 Å². The van der Waals surface area contributed by atoms with Gasteiger partial charge in [0, 0.05) is 13.1 Å². The lowest BCUT2D eigenvalue weighted by Crippen LogP contribution is -2.35. The van der Waals surface area contributed by atoms with Gasteiger partial charge in [-0.05, 0) is 43.2 Å². The van der Waals surface area contributed by atoms with Gasteiger partial charge in [-0.15, -0.1) is 0 Å². The van der Waals surface area contributed by atoms with Crippen LogP contribution in [0, 0.1) is 11.6 Å². The molecule has 0 unspecified atom stereocenters. The lowest BCUT2D eigenvalue weighted by atomic mass is 10.2. The van der Waals surface area contributed by atoms with E-state index in [0.717, 1.165) is 31.4 Å². The van der Waals surface area contributed by atoms with Crippen molar-refractivity contribution in [1.82, 2.24) is 4.31 Å². The molecule has 2 aromatic rings. The van der Waals surface area contributed by atoms with Crippen molar-refractivity contribution in [3.8, 4) is 5.75 Å². The van der Waals surface area contributed by atoms with Crippen molar-refractivity contribution in [2.24, 2.45) is 0 Å². The molecule has 1 aliphatic heterocycles. The quantitative estimate of drug-likeness (QED) is 0.571. The van der Waals surface area contributed by atoms with Gasteiger partial charge in [0.2, 0.25) is 10.0 Å². The molecule has 3 rings (SSSR count). The summed E-state index contributed by atoms with van der Waals surface area (Å²) >= 11 is 5.78. The van der Waals surface area contributed by atoms with Crippen molar-refractivity contribution in [2.45, 2.75) is 24.2 Å². The Labute approximate surface area is 165 Å². The Morgan fingerprint density at radius 1 is 1.07 bits per heavy atom. The van der Waals surface area contributed by atoms with Crippen molar-refractivity contribution in [1.29, 1.82) is 0 Å². The summed E-state index contributed by atoms with van der Waals surface area (Å²) in [7, 11) is -3.79. The number of phenolic OH excluding ortho intramolecular Hbond substituents is 1. The average Bonchev–Trinajstić information content (AvgIpc) is 2.67. The zero-order valence-electron chi connectivity index (χ0n) is 14.6. The van der Waals surface area contributed by atoms with Crippen LogP contribution in [0.5, 0.6) is 5.75 Å². The van der Waals surface area contributed by atoms with Gasteiger partial charge in [-0.3, -0.25) is 4.79 Å². The van der Waals surface area contributed by atoms with Gasteiger partial charge < -0.3 is 10.4 Å². The highest BCUT2D eigenvalue weighted by Gasteiger charge is 2.27. The number of carbonyl (C=O) groups excluding carboxylic acids is 1. The minimum absolute atomic E-state index is 0.0983. The van der Waals surface area contributed by atoms with E-state index in [4.69, 9.17) is 11.6 Å². The van der Waals surface area contributed by atoms with E-state index in [9.17, 15) is 27.1 Å². The topological polar surface area (TPSA) is 86.7 Å². The number of halogens is 3. The molecule has 28 heavy (non-hydrogen) atoms. The fourth-order valence-electron chi connectivity index (χ4n) is 2.92. The molecule has 1 aliphatic rings. The summed E-state index contributed by atoms with van der Waals surface area (Å²) in [6.45, 7) is 0.796. The van der Waals surface area contributed by atoms with Crippen LogP contribution in [0.1, 0.15) is 29.6 Å². The summed E-state index contributed by atoms with van der Waals surface area (Å²) in [4.78, 5) is 12.3. The second-order valence-electron chi connectivity index (χ2n) is 6.34. The molecule has 1 fully saturated rings. The molecule has 2 N–H and O–H groups in total. The number of rotatable bonds is 4. The summed E-state index contributed by atoms with van der Waals surface area (Å²) in [6, 6.07) is 4.77. The highest BCUT2D eigenvalue weighted by atomic mass is 35.5. The van der Waals surface area contributed by atoms with Gasteiger partial charge >= 0.3 is 0 Å². The van der Waals surface area contributed by atoms with E-state index >= 15 is 0 Å². The number of anilines is 1. The maximum absolute atomic E-state index is 13.4. The van der Waals surface area contributed by atoms with Gasteiger partial charge in [0.25, 0.3) is 5.91 Å². The molecule has 0 aliphatic carbocycles. The lowest BCUT2D eigenvalue weighted by Gasteiger charge is -2.26. The molecular weight excluding hydrogens is 414 g/mol. The van der Waals surface area contributed by atoms with Crippen LogP contribution in [0.2, 0.25) is 5.02 Å². The van der Waals surface area contributed by atoms with Crippen LogP contribution in [-0.2, 0) is 10.0 Å². The number of sulfonamides is 1. The number of nitrogens with zero attached hydrogens (tertiary/aromatic N) is 1. The number of benzene rings is 2. The second-order valence-corrected chi connectivity index (χ2v) is 8.69. The third-order valence-electron chi connectivity index (χ3n) is 4.42. The summed E-state index contributed by atoms with van der Waals surface area (Å²) < 4.78 is 53.5. The van der Waals surface area contributed by atoms with Crippen molar-refractivity contribution >= 4 is 33.2 Å². The molecule has 1 amide bonds. The van der Waals surface area contributed by atoms with E-state index in [-0.39, 0.29) is 26.9 Å². The van der Waals surface area contributed by atoms with E-state index < -0.39 is 27.6 Å². The third-order valence-corrected chi connectivity index (χ3v) is 6.63. The predicted octanol–water partition coefficient (Wildman–Crippen LogP) is 3.75. The highest BCUT2D eigenvalue weighted by Crippen LogP contribution is 2.30. The standard InChI is InChI=1S/C18H17ClF2N2O4S/c19-13-10-15(21)14(20)9-12(13)18(25)22-16-8-11(4-5-17(16)24)28(26,27)23-6-2-1-3-7-23/h4-5,8-10,24H,1-3,6-7H2,(H,22,25). The average molecular weight is 431 g/mol. The number of carbonyl (C=O) groups is 1. The van der Waals surface area contributed by atoms with E-state index in [1.54, 1.807) is 0 Å². The normalized spacial score (nSPS) is 15.4. The zero-order valence-corrected chi connectivity index (χ0v) is 16.2. The molecule has 0 saturated carbocycles. The Balaban J connectivity index is 1.90. The van der Waals surface area contributed by atoms with Crippen LogP contribution in [0.3, 0.4) is 0 Å². The largest absolute Gasteiger partial charge is 0.506 e. The molecule has 150 valence electrons. The van der Waals surface area contributed by atoms with Crippen molar-refractivity contribution < 1.29 is 27.1 Å². The van der Waals surface area contributed by atoms with Crippen LogP contribution in [0.4, 0.5) is 14.5 Å². The Hall–Kier alpha value is -2.23. The molecule has 2 aromatic carbocycles. The third kappa shape index (κ3) is 4.11. The van der Waals surface area contributed by atoms with Gasteiger partial charge in [-0.1, -0.05) is 18.0 Å². The first-order valence-corrected chi connectivity index (χ1v) is 10.3. The number of nitrogens with one attached hydrogen (secondary N) is 1. The van der Waals surface area contributed by atoms with Crippen LogP contribution in [0.15, 0.2) is 35.2 Å². The lowest BCUT2D eigenvalue weighted by molar-refractivity contribution is 0.102. The summed E-state index contributed by atoms with van der Waals surface area (Å²) in [5.41, 5.74) is -0.548. The maximum atomic E-state index is 13.4. The molecule has 10 heteroatoms. The number of aromatic hydroxyl groups is 1. The molecule has 0 aromatic heterocycles. The maximum Gasteiger partial charge on any atom is 0.257 e. The number of phenols is 1. The first-order chi connectivity index (χ1) is 13.2. The van der Waals surface area contributed by atoms with Gasteiger partial charge in [0.15, 0.2) is 11.6 Å². The Kier molecular flexibility index (Phi) is 5.87. The number of hydrogen-bond acceptors (Lipinski definition) is 4. The van der Waals surface area contributed by atoms with E-state index in [1.165, 1.54) is 10.4 Å². The van der Waals surface area contributed by atoms with Crippen LogP contribution in [0.25, 0.3) is 0 Å². The smallest absolute Gasteiger partial charge is 0.257 e. The van der Waals surface area contributed by atoms with Crippen molar-refractivity contribution in [3.63, 3.8) is 0 Å². The number of amides is 1. The SMILES string of the molecule is O=C(Nc1cc(S(=O)(=O)N2CCCCC2)ccc1O)c1cc(F)c(F)cc1Cl.